The van der Waals surface area contributed by atoms with E-state index in [-0.39, 0.29) is 19.1 Å². The minimum Gasteiger partial charge on any atom is -0.460 e. The van der Waals surface area contributed by atoms with Crippen molar-refractivity contribution in [3.63, 3.8) is 0 Å². The van der Waals surface area contributed by atoms with E-state index in [1.807, 2.05) is 30.3 Å². The highest BCUT2D eigenvalue weighted by molar-refractivity contribution is 5.96. The fourth-order valence-electron chi connectivity index (χ4n) is 2.72. The lowest BCUT2D eigenvalue weighted by Crippen LogP contribution is -2.43. The third kappa shape index (κ3) is 5.31. The van der Waals surface area contributed by atoms with Crippen molar-refractivity contribution >= 4 is 18.0 Å². The van der Waals surface area contributed by atoms with Gasteiger partial charge in [-0.25, -0.2) is 9.69 Å². The van der Waals surface area contributed by atoms with Crippen LogP contribution in [0.1, 0.15) is 39.7 Å². The molecule has 1 aliphatic heterocycles. The summed E-state index contributed by atoms with van der Waals surface area (Å²) in [7, 11) is 0. The van der Waals surface area contributed by atoms with E-state index in [9.17, 15) is 14.4 Å². The fourth-order valence-corrected chi connectivity index (χ4v) is 2.72. The molecule has 1 fully saturated rings. The molecule has 0 aromatic heterocycles. The third-order valence-electron chi connectivity index (χ3n) is 3.83. The topological polar surface area (TPSA) is 72.9 Å². The first kappa shape index (κ1) is 19.0. The number of amides is 2. The second kappa shape index (κ2) is 7.68. The molecular formula is C19H25NO5. The average Bonchev–Trinajstić information content (AvgIpc) is 2.86. The first-order chi connectivity index (χ1) is 11.7. The number of hydrogen-bond donors (Lipinski definition) is 0. The van der Waals surface area contributed by atoms with Gasteiger partial charge in [-0.05, 0) is 32.8 Å². The molecule has 1 heterocycles. The first-order valence-corrected chi connectivity index (χ1v) is 8.43. The van der Waals surface area contributed by atoms with Crippen LogP contribution in [0.2, 0.25) is 0 Å². The molecule has 136 valence electrons. The zero-order valence-corrected chi connectivity index (χ0v) is 15.2. The summed E-state index contributed by atoms with van der Waals surface area (Å²) in [6.45, 7) is 7.09. The van der Waals surface area contributed by atoms with Gasteiger partial charge in [-0.2, -0.15) is 0 Å². The van der Waals surface area contributed by atoms with Gasteiger partial charge in [0.1, 0.15) is 12.2 Å². The van der Waals surface area contributed by atoms with Gasteiger partial charge >= 0.3 is 12.1 Å². The van der Waals surface area contributed by atoms with Crippen molar-refractivity contribution in [1.82, 2.24) is 4.90 Å². The van der Waals surface area contributed by atoms with Crippen LogP contribution in [-0.2, 0) is 25.5 Å². The van der Waals surface area contributed by atoms with Gasteiger partial charge < -0.3 is 9.47 Å². The van der Waals surface area contributed by atoms with E-state index in [2.05, 4.69) is 0 Å². The minimum absolute atomic E-state index is 0.0715. The molecule has 25 heavy (non-hydrogen) atoms. The molecule has 0 spiro atoms. The number of nitrogens with zero attached hydrogens (tertiary/aromatic N) is 1. The predicted octanol–water partition coefficient (Wildman–Crippen LogP) is 2.94. The van der Waals surface area contributed by atoms with Crippen LogP contribution in [0.15, 0.2) is 30.3 Å². The first-order valence-electron chi connectivity index (χ1n) is 8.43. The Morgan fingerprint density at radius 1 is 1.28 bits per heavy atom. The number of benzene rings is 1. The summed E-state index contributed by atoms with van der Waals surface area (Å²) < 4.78 is 10.3. The van der Waals surface area contributed by atoms with Crippen LogP contribution in [0.4, 0.5) is 4.79 Å². The van der Waals surface area contributed by atoms with Gasteiger partial charge in [0.05, 0.1) is 12.5 Å². The van der Waals surface area contributed by atoms with Gasteiger partial charge in [-0.15, -0.1) is 0 Å². The van der Waals surface area contributed by atoms with Gasteiger partial charge in [-0.1, -0.05) is 37.3 Å². The largest absolute Gasteiger partial charge is 0.460 e. The van der Waals surface area contributed by atoms with Crippen LogP contribution in [0, 0.1) is 5.92 Å². The second-order valence-electron chi connectivity index (χ2n) is 7.32. The molecule has 2 amide bonds. The molecule has 0 saturated carbocycles. The SMILES string of the molecule is C[C@@H](CC(=O)OC(C)(C)C)C(=O)N1C(=O)OCC1Cc1ccccc1. The molecule has 1 unspecified atom stereocenters. The number of imide groups is 1. The number of esters is 1. The van der Waals surface area contributed by atoms with E-state index in [0.717, 1.165) is 10.5 Å². The van der Waals surface area contributed by atoms with Crippen LogP contribution in [0.5, 0.6) is 0 Å². The van der Waals surface area contributed by atoms with Gasteiger partial charge in [0.2, 0.25) is 5.91 Å². The summed E-state index contributed by atoms with van der Waals surface area (Å²) in [5, 5.41) is 0. The number of rotatable bonds is 5. The molecule has 0 aliphatic carbocycles. The van der Waals surface area contributed by atoms with Crippen molar-refractivity contribution in [3.8, 4) is 0 Å². The van der Waals surface area contributed by atoms with Crippen LogP contribution in [-0.4, -0.2) is 41.1 Å². The minimum atomic E-state index is -0.654. The van der Waals surface area contributed by atoms with Crippen molar-refractivity contribution < 1.29 is 23.9 Å². The zero-order chi connectivity index (χ0) is 18.6. The zero-order valence-electron chi connectivity index (χ0n) is 15.2. The summed E-state index contributed by atoms with van der Waals surface area (Å²) >= 11 is 0. The normalized spacial score (nSPS) is 18.6. The maximum atomic E-state index is 12.7. The predicted molar refractivity (Wildman–Crippen MR) is 91.8 cm³/mol. The monoisotopic (exact) mass is 347 g/mol. The van der Waals surface area contributed by atoms with E-state index < -0.39 is 29.5 Å². The lowest BCUT2D eigenvalue weighted by atomic mass is 10.0. The lowest BCUT2D eigenvalue weighted by molar-refractivity contribution is -0.158. The number of cyclic esters (lactones) is 1. The van der Waals surface area contributed by atoms with Crippen LogP contribution < -0.4 is 0 Å². The summed E-state index contributed by atoms with van der Waals surface area (Å²) in [6.07, 6.45) is -0.197. The summed E-state index contributed by atoms with van der Waals surface area (Å²) in [5.74, 6) is -1.52. The maximum Gasteiger partial charge on any atom is 0.416 e. The standard InChI is InChI=1S/C19H25NO5/c1-13(10-16(21)25-19(2,3)4)17(22)20-15(12-24-18(20)23)11-14-8-6-5-7-9-14/h5-9,13,15H,10-12H2,1-4H3/t13-,15?/m0/s1. The highest BCUT2D eigenvalue weighted by Gasteiger charge is 2.40. The van der Waals surface area contributed by atoms with E-state index in [1.165, 1.54) is 0 Å². The molecule has 2 rings (SSSR count). The molecule has 2 atom stereocenters. The number of hydrogen-bond acceptors (Lipinski definition) is 5. The van der Waals surface area contributed by atoms with Crippen LogP contribution in [0.25, 0.3) is 0 Å². The van der Waals surface area contributed by atoms with Crippen molar-refractivity contribution in [2.24, 2.45) is 5.92 Å². The average molecular weight is 347 g/mol. The van der Waals surface area contributed by atoms with Crippen LogP contribution >= 0.6 is 0 Å². The summed E-state index contributed by atoms with van der Waals surface area (Å²) in [6, 6.07) is 9.24. The molecule has 6 nitrogen and oxygen atoms in total. The molecule has 0 bridgehead atoms. The van der Waals surface area contributed by atoms with Crippen molar-refractivity contribution in [2.45, 2.75) is 52.2 Å². The summed E-state index contributed by atoms with van der Waals surface area (Å²) in [5.41, 5.74) is 0.408. The Labute approximate surface area is 148 Å². The van der Waals surface area contributed by atoms with Crippen molar-refractivity contribution in [1.29, 1.82) is 0 Å². The second-order valence-corrected chi connectivity index (χ2v) is 7.32. The van der Waals surface area contributed by atoms with E-state index >= 15 is 0 Å². The van der Waals surface area contributed by atoms with Gasteiger partial charge in [-0.3, -0.25) is 9.59 Å². The molecule has 0 radical (unpaired) electrons. The molecule has 1 aromatic rings. The number of carbonyl (C=O) groups is 3. The van der Waals surface area contributed by atoms with Crippen molar-refractivity contribution in [2.75, 3.05) is 6.61 Å². The van der Waals surface area contributed by atoms with Gasteiger partial charge in [0, 0.05) is 5.92 Å². The molecular weight excluding hydrogens is 322 g/mol. The molecule has 0 N–H and O–H groups in total. The van der Waals surface area contributed by atoms with E-state index in [4.69, 9.17) is 9.47 Å². The van der Waals surface area contributed by atoms with E-state index in [1.54, 1.807) is 27.7 Å². The Balaban J connectivity index is 2.02. The Kier molecular flexibility index (Phi) is 5.82. The molecule has 6 heteroatoms. The smallest absolute Gasteiger partial charge is 0.416 e. The quantitative estimate of drug-likeness (QED) is 0.766. The van der Waals surface area contributed by atoms with Crippen LogP contribution in [0.3, 0.4) is 0 Å². The van der Waals surface area contributed by atoms with Crippen molar-refractivity contribution in [3.05, 3.63) is 35.9 Å². The van der Waals surface area contributed by atoms with Gasteiger partial charge in [0.25, 0.3) is 0 Å². The maximum absolute atomic E-state index is 12.7. The Morgan fingerprint density at radius 3 is 2.52 bits per heavy atom. The Morgan fingerprint density at radius 2 is 1.92 bits per heavy atom. The lowest BCUT2D eigenvalue weighted by Gasteiger charge is -2.24. The fraction of sp³-hybridized carbons (Fsp3) is 0.526. The molecule has 1 aromatic carbocycles. The summed E-state index contributed by atoms with van der Waals surface area (Å²) in [4.78, 5) is 37.8. The molecule has 1 aliphatic rings. The molecule has 1 saturated heterocycles. The highest BCUT2D eigenvalue weighted by Crippen LogP contribution is 2.22. The highest BCUT2D eigenvalue weighted by atomic mass is 16.6. The Bertz CT molecular complexity index is 635. The third-order valence-corrected chi connectivity index (χ3v) is 3.83. The number of carbonyl (C=O) groups excluding carboxylic acids is 3. The number of ether oxygens (including phenoxy) is 2. The van der Waals surface area contributed by atoms with E-state index in [0.29, 0.717) is 6.42 Å². The Hall–Kier alpha value is -2.37. The van der Waals surface area contributed by atoms with Gasteiger partial charge in [0.15, 0.2) is 0 Å².